The molecule has 1 heterocycles. The molecule has 2 aromatic rings. The lowest BCUT2D eigenvalue weighted by Crippen LogP contribution is -2.29. The minimum atomic E-state index is -0.0366. The van der Waals surface area contributed by atoms with Crippen molar-refractivity contribution in [1.29, 1.82) is 0 Å². The normalized spacial score (nSPS) is 12.4. The SMILES string of the molecule is COc1c(C(NN)c2ccsc2)ccc(C)c1C. The Morgan fingerprint density at radius 3 is 2.61 bits per heavy atom. The number of thiophene rings is 1. The highest BCUT2D eigenvalue weighted by Crippen LogP contribution is 2.34. The summed E-state index contributed by atoms with van der Waals surface area (Å²) in [6.07, 6.45) is 0. The molecule has 0 saturated heterocycles. The smallest absolute Gasteiger partial charge is 0.127 e. The number of ether oxygens (including phenoxy) is 1. The van der Waals surface area contributed by atoms with Crippen molar-refractivity contribution in [3.8, 4) is 5.75 Å². The molecule has 0 saturated carbocycles. The molecule has 0 amide bonds. The predicted molar refractivity (Wildman–Crippen MR) is 76.0 cm³/mol. The van der Waals surface area contributed by atoms with Gasteiger partial charge in [-0.25, -0.2) is 5.43 Å². The zero-order valence-corrected chi connectivity index (χ0v) is 11.7. The fourth-order valence-corrected chi connectivity index (χ4v) is 2.80. The van der Waals surface area contributed by atoms with Crippen molar-refractivity contribution >= 4 is 11.3 Å². The molecule has 18 heavy (non-hydrogen) atoms. The molecule has 0 aliphatic carbocycles. The van der Waals surface area contributed by atoms with E-state index in [1.54, 1.807) is 18.4 Å². The van der Waals surface area contributed by atoms with E-state index in [0.29, 0.717) is 0 Å². The summed E-state index contributed by atoms with van der Waals surface area (Å²) in [7, 11) is 1.70. The van der Waals surface area contributed by atoms with Gasteiger partial charge in [0.25, 0.3) is 0 Å². The molecule has 96 valence electrons. The van der Waals surface area contributed by atoms with Crippen LogP contribution in [0.15, 0.2) is 29.0 Å². The molecule has 2 rings (SSSR count). The third-order valence-electron chi connectivity index (χ3n) is 3.27. The Balaban J connectivity index is 2.52. The number of nitrogens with two attached hydrogens (primary N) is 1. The van der Waals surface area contributed by atoms with Crippen LogP contribution in [-0.2, 0) is 0 Å². The maximum atomic E-state index is 5.71. The van der Waals surface area contributed by atoms with E-state index in [1.807, 2.05) is 5.38 Å². The van der Waals surface area contributed by atoms with E-state index < -0.39 is 0 Å². The molecule has 0 bridgehead atoms. The first-order valence-electron chi connectivity index (χ1n) is 5.81. The third-order valence-corrected chi connectivity index (χ3v) is 3.97. The Kier molecular flexibility index (Phi) is 4.01. The Labute approximate surface area is 112 Å². The topological polar surface area (TPSA) is 47.3 Å². The minimum Gasteiger partial charge on any atom is -0.496 e. The summed E-state index contributed by atoms with van der Waals surface area (Å²) < 4.78 is 5.55. The summed E-state index contributed by atoms with van der Waals surface area (Å²) in [5.41, 5.74) is 7.47. The van der Waals surface area contributed by atoms with Crippen LogP contribution in [0.5, 0.6) is 5.75 Å². The van der Waals surface area contributed by atoms with Crippen molar-refractivity contribution in [2.45, 2.75) is 19.9 Å². The second-order valence-electron chi connectivity index (χ2n) is 4.29. The van der Waals surface area contributed by atoms with Crippen molar-refractivity contribution in [3.05, 3.63) is 51.2 Å². The van der Waals surface area contributed by atoms with Crippen LogP contribution in [0.25, 0.3) is 0 Å². The van der Waals surface area contributed by atoms with Crippen LogP contribution in [0, 0.1) is 13.8 Å². The average molecular weight is 262 g/mol. The summed E-state index contributed by atoms with van der Waals surface area (Å²) in [4.78, 5) is 0. The Morgan fingerprint density at radius 1 is 1.28 bits per heavy atom. The van der Waals surface area contributed by atoms with Gasteiger partial charge in [-0.3, -0.25) is 5.84 Å². The van der Waals surface area contributed by atoms with Crippen molar-refractivity contribution in [2.24, 2.45) is 5.84 Å². The quantitative estimate of drug-likeness (QED) is 0.658. The first-order chi connectivity index (χ1) is 8.69. The summed E-state index contributed by atoms with van der Waals surface area (Å²) in [5.74, 6) is 6.61. The summed E-state index contributed by atoms with van der Waals surface area (Å²) in [6, 6.07) is 6.21. The van der Waals surface area contributed by atoms with Gasteiger partial charge in [0.15, 0.2) is 0 Å². The van der Waals surface area contributed by atoms with Gasteiger partial charge in [0.2, 0.25) is 0 Å². The van der Waals surface area contributed by atoms with E-state index in [9.17, 15) is 0 Å². The zero-order valence-electron chi connectivity index (χ0n) is 10.9. The molecule has 3 N–H and O–H groups in total. The third kappa shape index (κ3) is 2.27. The maximum absolute atomic E-state index is 5.71. The number of aryl methyl sites for hydroxylation is 1. The van der Waals surface area contributed by atoms with Gasteiger partial charge in [-0.05, 0) is 47.4 Å². The van der Waals surface area contributed by atoms with Crippen LogP contribution in [0.4, 0.5) is 0 Å². The standard InChI is InChI=1S/C14H18N2OS/c1-9-4-5-12(14(17-3)10(9)2)13(16-15)11-6-7-18-8-11/h4-8,13,16H,15H2,1-3H3. The van der Waals surface area contributed by atoms with Gasteiger partial charge in [-0.1, -0.05) is 12.1 Å². The first kappa shape index (κ1) is 13.1. The number of nitrogens with one attached hydrogen (secondary N) is 1. The molecule has 1 atom stereocenters. The summed E-state index contributed by atoms with van der Waals surface area (Å²) in [6.45, 7) is 4.15. The molecular formula is C14H18N2OS. The molecule has 3 nitrogen and oxygen atoms in total. The van der Waals surface area contributed by atoms with E-state index in [-0.39, 0.29) is 6.04 Å². The monoisotopic (exact) mass is 262 g/mol. The van der Waals surface area contributed by atoms with Crippen LogP contribution >= 0.6 is 11.3 Å². The Bertz CT molecular complexity index is 523. The molecule has 0 fully saturated rings. The lowest BCUT2D eigenvalue weighted by atomic mass is 9.96. The predicted octanol–water partition coefficient (Wildman–Crippen LogP) is 2.93. The molecule has 1 aromatic heterocycles. The van der Waals surface area contributed by atoms with Crippen LogP contribution in [0.1, 0.15) is 28.3 Å². The fraction of sp³-hybridized carbons (Fsp3) is 0.286. The largest absolute Gasteiger partial charge is 0.496 e. The number of rotatable bonds is 4. The molecule has 1 unspecified atom stereocenters. The van der Waals surface area contributed by atoms with Crippen molar-refractivity contribution in [1.82, 2.24) is 5.43 Å². The average Bonchev–Trinajstić information content (AvgIpc) is 2.89. The van der Waals surface area contributed by atoms with Crippen LogP contribution in [-0.4, -0.2) is 7.11 Å². The minimum absolute atomic E-state index is 0.0366. The van der Waals surface area contributed by atoms with E-state index >= 15 is 0 Å². The van der Waals surface area contributed by atoms with Crippen LogP contribution in [0.2, 0.25) is 0 Å². The highest BCUT2D eigenvalue weighted by molar-refractivity contribution is 7.08. The van der Waals surface area contributed by atoms with Crippen LogP contribution in [0.3, 0.4) is 0 Å². The van der Waals surface area contributed by atoms with E-state index in [1.165, 1.54) is 5.56 Å². The first-order valence-corrected chi connectivity index (χ1v) is 6.75. The second-order valence-corrected chi connectivity index (χ2v) is 5.07. The van der Waals surface area contributed by atoms with E-state index in [0.717, 1.165) is 22.4 Å². The van der Waals surface area contributed by atoms with E-state index in [2.05, 4.69) is 42.9 Å². The molecule has 0 radical (unpaired) electrons. The summed E-state index contributed by atoms with van der Waals surface area (Å²) in [5, 5.41) is 4.15. The number of methoxy groups -OCH3 is 1. The number of benzene rings is 1. The van der Waals surface area contributed by atoms with Crippen molar-refractivity contribution in [3.63, 3.8) is 0 Å². The lowest BCUT2D eigenvalue weighted by Gasteiger charge is -2.20. The molecule has 4 heteroatoms. The van der Waals surface area contributed by atoms with Crippen molar-refractivity contribution < 1.29 is 4.74 Å². The Morgan fingerprint density at radius 2 is 2.06 bits per heavy atom. The molecule has 0 spiro atoms. The van der Waals surface area contributed by atoms with Gasteiger partial charge in [-0.2, -0.15) is 11.3 Å². The lowest BCUT2D eigenvalue weighted by molar-refractivity contribution is 0.401. The number of hydrazine groups is 1. The molecular weight excluding hydrogens is 244 g/mol. The number of hydrogen-bond donors (Lipinski definition) is 2. The molecule has 0 aliphatic rings. The maximum Gasteiger partial charge on any atom is 0.127 e. The Hall–Kier alpha value is -1.36. The van der Waals surface area contributed by atoms with Gasteiger partial charge < -0.3 is 4.74 Å². The van der Waals surface area contributed by atoms with Gasteiger partial charge in [0.1, 0.15) is 5.75 Å². The van der Waals surface area contributed by atoms with Gasteiger partial charge >= 0.3 is 0 Å². The highest BCUT2D eigenvalue weighted by Gasteiger charge is 2.19. The van der Waals surface area contributed by atoms with Gasteiger partial charge in [0.05, 0.1) is 13.2 Å². The number of hydrogen-bond acceptors (Lipinski definition) is 4. The fourth-order valence-electron chi connectivity index (χ4n) is 2.11. The highest BCUT2D eigenvalue weighted by atomic mass is 32.1. The van der Waals surface area contributed by atoms with Gasteiger partial charge in [0, 0.05) is 5.56 Å². The van der Waals surface area contributed by atoms with Crippen LogP contribution < -0.4 is 16.0 Å². The zero-order chi connectivity index (χ0) is 13.1. The summed E-state index contributed by atoms with van der Waals surface area (Å²) >= 11 is 1.66. The van der Waals surface area contributed by atoms with Crippen molar-refractivity contribution in [2.75, 3.05) is 7.11 Å². The van der Waals surface area contributed by atoms with E-state index in [4.69, 9.17) is 10.6 Å². The molecule has 0 aliphatic heterocycles. The molecule has 1 aromatic carbocycles. The second kappa shape index (κ2) is 5.52. The van der Waals surface area contributed by atoms with Gasteiger partial charge in [-0.15, -0.1) is 0 Å².